The summed E-state index contributed by atoms with van der Waals surface area (Å²) in [6.07, 6.45) is 1.39. The van der Waals surface area contributed by atoms with Gasteiger partial charge in [-0.1, -0.05) is 0 Å². The molecule has 0 aliphatic heterocycles. The third kappa shape index (κ3) is 4.66. The third-order valence-corrected chi connectivity index (χ3v) is 4.47. The quantitative estimate of drug-likeness (QED) is 0.664. The number of ether oxygens (including phenoxy) is 2. The molecule has 1 rings (SSSR count). The van der Waals surface area contributed by atoms with Crippen molar-refractivity contribution in [2.75, 3.05) is 39.1 Å². The predicted octanol–water partition coefficient (Wildman–Crippen LogP) is -0.136. The fourth-order valence-electron chi connectivity index (χ4n) is 1.59. The predicted molar refractivity (Wildman–Crippen MR) is 75.9 cm³/mol. The van der Waals surface area contributed by atoms with E-state index < -0.39 is 22.5 Å². The van der Waals surface area contributed by atoms with Crippen LogP contribution in [0.4, 0.5) is 5.82 Å². The first kappa shape index (κ1) is 17.3. The fourth-order valence-corrected chi connectivity index (χ4v) is 3.02. The van der Waals surface area contributed by atoms with Gasteiger partial charge in [0, 0.05) is 19.9 Å². The molecule has 9 heteroatoms. The van der Waals surface area contributed by atoms with E-state index in [-0.39, 0.29) is 30.5 Å². The van der Waals surface area contributed by atoms with E-state index in [1.165, 1.54) is 25.4 Å². The number of nitrogen functional groups attached to an aromatic ring is 1. The van der Waals surface area contributed by atoms with Crippen LogP contribution in [0.25, 0.3) is 0 Å². The Balaban J connectivity index is 3.06. The summed E-state index contributed by atoms with van der Waals surface area (Å²) in [5.41, 5.74) is 5.60. The lowest BCUT2D eigenvalue weighted by Crippen LogP contribution is -2.39. The van der Waals surface area contributed by atoms with Gasteiger partial charge in [-0.05, 0) is 19.1 Å². The molecule has 8 nitrogen and oxygen atoms in total. The Morgan fingerprint density at radius 1 is 1.48 bits per heavy atom. The van der Waals surface area contributed by atoms with Crippen molar-refractivity contribution < 1.29 is 22.7 Å². The molecule has 21 heavy (non-hydrogen) atoms. The van der Waals surface area contributed by atoms with Gasteiger partial charge in [0.1, 0.15) is 17.3 Å². The van der Waals surface area contributed by atoms with Gasteiger partial charge in [0.25, 0.3) is 0 Å². The van der Waals surface area contributed by atoms with Gasteiger partial charge in [-0.2, -0.15) is 4.31 Å². The molecule has 0 unspecified atom stereocenters. The topological polar surface area (TPSA) is 112 Å². The number of pyridine rings is 1. The molecule has 0 aliphatic carbocycles. The summed E-state index contributed by atoms with van der Waals surface area (Å²) < 4.78 is 35.7. The maximum absolute atomic E-state index is 12.5. The summed E-state index contributed by atoms with van der Waals surface area (Å²) in [4.78, 5) is 15.2. The number of methoxy groups -OCH3 is 1. The number of nitrogens with zero attached hydrogens (tertiary/aromatic N) is 2. The maximum atomic E-state index is 12.5. The molecule has 2 N–H and O–H groups in total. The van der Waals surface area contributed by atoms with Gasteiger partial charge in [-0.25, -0.2) is 13.4 Å². The minimum atomic E-state index is -3.95. The van der Waals surface area contributed by atoms with E-state index in [0.717, 1.165) is 4.31 Å². The molecule has 0 amide bonds. The van der Waals surface area contributed by atoms with Crippen molar-refractivity contribution in [2.45, 2.75) is 11.8 Å². The summed E-state index contributed by atoms with van der Waals surface area (Å²) in [6.45, 7) is 1.55. The molecular formula is C12H19N3O5S. The molecule has 1 aromatic heterocycles. The van der Waals surface area contributed by atoms with Crippen LogP contribution in [0, 0.1) is 0 Å². The van der Waals surface area contributed by atoms with E-state index >= 15 is 0 Å². The zero-order valence-corrected chi connectivity index (χ0v) is 12.8. The van der Waals surface area contributed by atoms with E-state index in [1.807, 2.05) is 0 Å². The molecule has 0 aromatic carbocycles. The number of aromatic nitrogens is 1. The molecule has 0 radical (unpaired) electrons. The van der Waals surface area contributed by atoms with Crippen LogP contribution < -0.4 is 5.73 Å². The number of rotatable bonds is 8. The maximum Gasteiger partial charge on any atom is 0.321 e. The highest BCUT2D eigenvalue weighted by Gasteiger charge is 2.29. The van der Waals surface area contributed by atoms with Gasteiger partial charge in [0.2, 0.25) is 10.0 Å². The van der Waals surface area contributed by atoms with Gasteiger partial charge in [0.15, 0.2) is 0 Å². The molecule has 0 saturated carbocycles. The van der Waals surface area contributed by atoms with E-state index in [0.29, 0.717) is 0 Å². The van der Waals surface area contributed by atoms with Gasteiger partial charge in [0.05, 0.1) is 13.2 Å². The summed E-state index contributed by atoms with van der Waals surface area (Å²) in [5.74, 6) is -0.761. The molecule has 0 atom stereocenters. The second-order valence-electron chi connectivity index (χ2n) is 4.02. The molecule has 1 aromatic rings. The zero-order chi connectivity index (χ0) is 15.9. The summed E-state index contributed by atoms with van der Waals surface area (Å²) in [6, 6.07) is 2.80. The van der Waals surface area contributed by atoms with Gasteiger partial charge >= 0.3 is 5.97 Å². The largest absolute Gasteiger partial charge is 0.465 e. The highest BCUT2D eigenvalue weighted by Crippen LogP contribution is 2.19. The van der Waals surface area contributed by atoms with Crippen LogP contribution in [-0.2, 0) is 24.3 Å². The summed E-state index contributed by atoms with van der Waals surface area (Å²) >= 11 is 0. The van der Waals surface area contributed by atoms with Gasteiger partial charge in [-0.15, -0.1) is 0 Å². The number of hydrogen-bond acceptors (Lipinski definition) is 7. The monoisotopic (exact) mass is 317 g/mol. The standard InChI is InChI=1S/C12H19N3O5S/c1-3-20-11(16)9-15(7-8-19-2)21(17,18)10-5-4-6-14-12(10)13/h4-6H,3,7-9H2,1-2H3,(H2,13,14). The minimum Gasteiger partial charge on any atom is -0.465 e. The Morgan fingerprint density at radius 2 is 2.19 bits per heavy atom. The highest BCUT2D eigenvalue weighted by atomic mass is 32.2. The highest BCUT2D eigenvalue weighted by molar-refractivity contribution is 7.89. The SMILES string of the molecule is CCOC(=O)CN(CCOC)S(=O)(=O)c1cccnc1N. The van der Waals surface area contributed by atoms with Crippen LogP contribution in [0.3, 0.4) is 0 Å². The van der Waals surface area contributed by atoms with E-state index in [2.05, 4.69) is 4.98 Å². The van der Waals surface area contributed by atoms with Crippen molar-refractivity contribution in [3.05, 3.63) is 18.3 Å². The zero-order valence-electron chi connectivity index (χ0n) is 12.0. The number of nitrogens with two attached hydrogens (primary N) is 1. The van der Waals surface area contributed by atoms with Crippen LogP contribution in [0.15, 0.2) is 23.2 Å². The van der Waals surface area contributed by atoms with Gasteiger partial charge < -0.3 is 15.2 Å². The molecule has 0 saturated heterocycles. The molecule has 0 fully saturated rings. The first-order chi connectivity index (χ1) is 9.93. The van der Waals surface area contributed by atoms with Gasteiger partial charge in [-0.3, -0.25) is 4.79 Å². The number of carbonyl (C=O) groups is 1. The molecular weight excluding hydrogens is 298 g/mol. The number of anilines is 1. The number of esters is 1. The Bertz CT molecular complexity index is 576. The normalized spacial score (nSPS) is 11.6. The van der Waals surface area contributed by atoms with E-state index in [9.17, 15) is 13.2 Å². The van der Waals surface area contributed by atoms with Crippen molar-refractivity contribution in [1.82, 2.24) is 9.29 Å². The summed E-state index contributed by atoms with van der Waals surface area (Å²) in [7, 11) is -2.51. The van der Waals surface area contributed by atoms with Crippen molar-refractivity contribution >= 4 is 21.8 Å². The van der Waals surface area contributed by atoms with Crippen LogP contribution in [0.2, 0.25) is 0 Å². The van der Waals surface area contributed by atoms with E-state index in [1.54, 1.807) is 6.92 Å². The fraction of sp³-hybridized carbons (Fsp3) is 0.500. The Hall–Kier alpha value is -1.71. The third-order valence-electron chi connectivity index (χ3n) is 2.57. The summed E-state index contributed by atoms with van der Waals surface area (Å²) in [5, 5.41) is 0. The lowest BCUT2D eigenvalue weighted by atomic mass is 10.5. The smallest absolute Gasteiger partial charge is 0.321 e. The van der Waals surface area contributed by atoms with Crippen LogP contribution >= 0.6 is 0 Å². The second kappa shape index (κ2) is 7.91. The molecule has 1 heterocycles. The number of hydrogen-bond donors (Lipinski definition) is 1. The Kier molecular flexibility index (Phi) is 6.53. The minimum absolute atomic E-state index is 0.00593. The van der Waals surface area contributed by atoms with Crippen molar-refractivity contribution in [2.24, 2.45) is 0 Å². The molecule has 118 valence electrons. The second-order valence-corrected chi connectivity index (χ2v) is 5.93. The average molecular weight is 317 g/mol. The van der Waals surface area contributed by atoms with E-state index in [4.69, 9.17) is 15.2 Å². The van der Waals surface area contributed by atoms with Crippen LogP contribution in [0.5, 0.6) is 0 Å². The Labute approximate surface area is 123 Å². The number of carbonyl (C=O) groups excluding carboxylic acids is 1. The first-order valence-electron chi connectivity index (χ1n) is 6.28. The molecule has 0 spiro atoms. The molecule has 0 aliphatic rings. The van der Waals surface area contributed by atoms with Crippen molar-refractivity contribution in [1.29, 1.82) is 0 Å². The van der Waals surface area contributed by atoms with Crippen LogP contribution in [-0.4, -0.2) is 57.1 Å². The van der Waals surface area contributed by atoms with Crippen molar-refractivity contribution in [3.8, 4) is 0 Å². The lowest BCUT2D eigenvalue weighted by molar-refractivity contribution is -0.143. The number of sulfonamides is 1. The first-order valence-corrected chi connectivity index (χ1v) is 7.72. The lowest BCUT2D eigenvalue weighted by Gasteiger charge is -2.21. The van der Waals surface area contributed by atoms with Crippen LogP contribution in [0.1, 0.15) is 6.92 Å². The Morgan fingerprint density at radius 3 is 2.76 bits per heavy atom. The van der Waals surface area contributed by atoms with Crippen molar-refractivity contribution in [3.63, 3.8) is 0 Å². The molecule has 0 bridgehead atoms. The average Bonchev–Trinajstić information content (AvgIpc) is 2.43.